The van der Waals surface area contributed by atoms with E-state index in [1.54, 1.807) is 0 Å². The highest BCUT2D eigenvalue weighted by atomic mass is 19.4. The van der Waals surface area contributed by atoms with Gasteiger partial charge in [-0.2, -0.15) is 70.2 Å². The van der Waals surface area contributed by atoms with Crippen LogP contribution in [-0.4, -0.2) is 192 Å². The Labute approximate surface area is 553 Å². The molecule has 0 saturated heterocycles. The number of H-pyrrole nitrogens is 2. The summed E-state index contributed by atoms with van der Waals surface area (Å²) in [6.45, 7) is -19.7. The summed E-state index contributed by atoms with van der Waals surface area (Å²) in [7, 11) is 0. The van der Waals surface area contributed by atoms with E-state index < -0.39 is 287 Å². The number of fused-ring (bicyclic) bond motifs is 20. The molecule has 5 heterocycles. The number of alkyl halides is 32. The smallest absolute Gasteiger partial charge is 0.340 e. The maximum atomic E-state index is 14.6. The molecule has 0 amide bonds. The van der Waals surface area contributed by atoms with Crippen molar-refractivity contribution in [3.8, 4) is 91.5 Å². The molecule has 48 heteroatoms. The number of hydrogen-bond donors (Lipinski definition) is 2. The monoisotopic (exact) mass is 1550 g/mol. The van der Waals surface area contributed by atoms with E-state index in [1.807, 2.05) is 0 Å². The fourth-order valence-corrected chi connectivity index (χ4v) is 8.61. The zero-order valence-electron chi connectivity index (χ0n) is 49.9. The lowest BCUT2D eigenvalue weighted by molar-refractivity contribution is -0.151. The van der Waals surface area contributed by atoms with Crippen LogP contribution in [0.4, 0.5) is 140 Å². The van der Waals surface area contributed by atoms with Crippen LogP contribution < -0.4 is 37.9 Å². The third-order valence-corrected chi connectivity index (χ3v) is 14.0. The van der Waals surface area contributed by atoms with Gasteiger partial charge in [-0.05, 0) is 48.5 Å². The Morgan fingerprint density at radius 2 is 0.356 bits per heavy atom. The summed E-state index contributed by atoms with van der Waals surface area (Å²) in [6.07, 6.45) is -36.9. The summed E-state index contributed by atoms with van der Waals surface area (Å²) < 4.78 is 488. The zero-order chi connectivity index (χ0) is 77.1. The van der Waals surface area contributed by atoms with Gasteiger partial charge in [-0.1, -0.05) is 0 Å². The summed E-state index contributed by atoms with van der Waals surface area (Å²) in [6, 6.07) is 2.64. The Hall–Kier alpha value is -9.60. The van der Waals surface area contributed by atoms with Crippen LogP contribution in [0.1, 0.15) is 0 Å². The van der Waals surface area contributed by atoms with Gasteiger partial charge in [0.2, 0.25) is 0 Å². The van der Waals surface area contributed by atoms with Crippen molar-refractivity contribution in [1.29, 1.82) is 0 Å². The topological polar surface area (TPSA) is 183 Å². The number of halogens is 32. The predicted molar refractivity (Wildman–Crippen MR) is 288 cm³/mol. The van der Waals surface area contributed by atoms with Crippen molar-refractivity contribution in [3.63, 3.8) is 0 Å². The zero-order valence-corrected chi connectivity index (χ0v) is 49.9. The number of aromatic amines is 2. The van der Waals surface area contributed by atoms with Gasteiger partial charge < -0.3 is 47.9 Å². The van der Waals surface area contributed by atoms with Crippen LogP contribution in [0.25, 0.3) is 89.7 Å². The number of nitrogens with zero attached hydrogens (tertiary/aromatic N) is 6. The molecule has 2 aliphatic rings. The number of ether oxygens (including phenoxy) is 8. The SMILES string of the molecule is FC(F)C(F)(F)COc1cc2c(cc1OCC(F)(F)C(F)F)-c1nc-2nc2[nH]c(nc3nc(nc4[nH]c(n1)c1cc(OCC(F)(F)C(F)F)c(OCC(F)(F)C(F)F)cc41)-c1cc(OCC(F)(F)C(F)F)c(OCC(F)(F)C(F)F)cc1-3)c1cc(OCC(F)(F)C(F)F)c(OCC(F)(F)C(F)F)cc21. The molecule has 2 N–H and O–H groups in total. The van der Waals surface area contributed by atoms with E-state index in [4.69, 9.17) is 37.9 Å². The molecule has 0 radical (unpaired) electrons. The Morgan fingerprint density at radius 1 is 0.221 bits per heavy atom. The van der Waals surface area contributed by atoms with Gasteiger partial charge in [0.05, 0.1) is 0 Å². The first-order chi connectivity index (χ1) is 48.0. The Balaban J connectivity index is 1.49. The molecule has 0 spiro atoms. The van der Waals surface area contributed by atoms with Crippen LogP contribution in [0.3, 0.4) is 0 Å². The Kier molecular flexibility index (Phi) is 21.7. The van der Waals surface area contributed by atoms with E-state index in [1.165, 1.54) is 0 Å². The molecular weight excluding hydrogens is 1520 g/mol. The summed E-state index contributed by atoms with van der Waals surface area (Å²) in [5, 5.41) is -3.40. The van der Waals surface area contributed by atoms with Crippen LogP contribution >= 0.6 is 0 Å². The molecule has 4 aromatic carbocycles. The second kappa shape index (κ2) is 28.8. The largest absolute Gasteiger partial charge is 0.483 e. The second-order valence-corrected chi connectivity index (χ2v) is 21.8. The minimum absolute atomic E-state index is 0.324. The van der Waals surface area contributed by atoms with Gasteiger partial charge in [0.25, 0.3) is 0 Å². The van der Waals surface area contributed by atoms with Crippen molar-refractivity contribution >= 4 is 44.1 Å². The number of hydrogen-bond acceptors (Lipinski definition) is 14. The molecule has 8 bridgehead atoms. The van der Waals surface area contributed by atoms with Gasteiger partial charge in [0.15, 0.2) is 122 Å². The van der Waals surface area contributed by atoms with Crippen molar-refractivity contribution in [2.75, 3.05) is 52.9 Å². The van der Waals surface area contributed by atoms with Crippen LogP contribution in [0.2, 0.25) is 0 Å². The van der Waals surface area contributed by atoms with Crippen molar-refractivity contribution in [2.24, 2.45) is 0 Å². The molecule has 104 heavy (non-hydrogen) atoms. The fraction of sp³-hybridized carbons (Fsp3) is 0.429. The third-order valence-electron chi connectivity index (χ3n) is 14.0. The van der Waals surface area contributed by atoms with Gasteiger partial charge >= 0.3 is 98.8 Å². The number of aromatic nitrogens is 8. The Morgan fingerprint density at radius 3 is 0.490 bits per heavy atom. The highest BCUT2D eigenvalue weighted by molar-refractivity contribution is 6.08. The first kappa shape index (κ1) is 78.5. The predicted octanol–water partition coefficient (Wildman–Crippen LogP) is 17.1. The first-order valence-electron chi connectivity index (χ1n) is 27.9. The minimum Gasteiger partial charge on any atom is -0.483 e. The molecule has 7 aromatic rings. The first-order valence-corrected chi connectivity index (χ1v) is 27.9. The van der Waals surface area contributed by atoms with E-state index in [0.29, 0.717) is 48.5 Å². The van der Waals surface area contributed by atoms with Gasteiger partial charge in [-0.3, -0.25) is 0 Å². The van der Waals surface area contributed by atoms with Gasteiger partial charge in [0, 0.05) is 43.8 Å². The standard InChI is InChI=1S/C56H34F32N8O8/c57-41(58)49(73,74)9-97-25-1-17-18(2-26(25)98-10-50(75,76)42(59)60)34-89-33(17)93-35-19-3-27(99-11-51(77,78)43(61)62)28(100-12-52(79,80)44(63)64)4-20(19)37(90-35)95-39-23-7-31(103-15-55(85,86)47(69)70)32(104-16-56(87,88)48(71)72)8-24(23)40(92-39)96-38-22-6-30(102-14-54(83,84)46(67)68)29(5-21(22)36(91-38)94-34)101-13-53(81,82)45(65)66/h1-8,41-48H,9-16H2,(H2,89,90,91,92,93,94,95,96). The Bertz CT molecular complexity index is 3940. The van der Waals surface area contributed by atoms with Crippen molar-refractivity contribution in [2.45, 2.75) is 98.8 Å². The highest BCUT2D eigenvalue weighted by Gasteiger charge is 2.49. The molecule has 570 valence electrons. The summed E-state index contributed by atoms with van der Waals surface area (Å²) >= 11 is 0. The molecule has 0 fully saturated rings. The van der Waals surface area contributed by atoms with E-state index in [0.717, 1.165) is 0 Å². The van der Waals surface area contributed by atoms with E-state index >= 15 is 0 Å². The van der Waals surface area contributed by atoms with E-state index in [-0.39, 0.29) is 0 Å². The number of benzene rings is 4. The van der Waals surface area contributed by atoms with Crippen molar-refractivity contribution < 1.29 is 178 Å². The molecule has 16 nitrogen and oxygen atoms in total. The normalized spacial score (nSPS) is 13.6. The molecule has 3 aromatic heterocycles. The summed E-state index contributed by atoms with van der Waals surface area (Å²) in [4.78, 5) is 29.7. The summed E-state index contributed by atoms with van der Waals surface area (Å²) in [5.41, 5.74) is -7.60. The maximum Gasteiger partial charge on any atom is 0.340 e. The molecule has 0 aliphatic carbocycles. The van der Waals surface area contributed by atoms with Gasteiger partial charge in [-0.25, -0.2) is 100 Å². The molecule has 9 rings (SSSR count). The van der Waals surface area contributed by atoms with Crippen LogP contribution in [0.5, 0.6) is 46.0 Å². The fourth-order valence-electron chi connectivity index (χ4n) is 8.61. The van der Waals surface area contributed by atoms with Gasteiger partial charge in [-0.15, -0.1) is 0 Å². The van der Waals surface area contributed by atoms with Crippen molar-refractivity contribution in [3.05, 3.63) is 48.5 Å². The average molecular weight is 1550 g/mol. The highest BCUT2D eigenvalue weighted by Crippen LogP contribution is 2.49. The summed E-state index contributed by atoms with van der Waals surface area (Å²) in [5.74, 6) is -57.5. The van der Waals surface area contributed by atoms with Crippen molar-refractivity contribution in [1.82, 2.24) is 39.9 Å². The maximum absolute atomic E-state index is 14.6. The van der Waals surface area contributed by atoms with Crippen LogP contribution in [0.15, 0.2) is 48.5 Å². The molecule has 0 saturated carbocycles. The van der Waals surface area contributed by atoms with E-state index in [2.05, 4.69) is 39.9 Å². The number of rotatable bonds is 32. The lowest BCUT2D eigenvalue weighted by Crippen LogP contribution is -2.34. The lowest BCUT2D eigenvalue weighted by atomic mass is 10.1. The molecular formula is C56H34F32N8O8. The quantitative estimate of drug-likeness (QED) is 0.0380. The average Bonchev–Trinajstić information content (AvgIpc) is 1.59. The van der Waals surface area contributed by atoms with Crippen LogP contribution in [0, 0.1) is 0 Å². The molecule has 0 atom stereocenters. The van der Waals surface area contributed by atoms with Crippen LogP contribution in [-0.2, 0) is 0 Å². The third kappa shape index (κ3) is 16.8. The lowest BCUT2D eigenvalue weighted by Gasteiger charge is -2.20. The number of nitrogens with one attached hydrogen (secondary N) is 2. The second-order valence-electron chi connectivity index (χ2n) is 21.8. The molecule has 2 aliphatic heterocycles. The molecule has 0 unspecified atom stereocenters. The minimum atomic E-state index is -5.21. The van der Waals surface area contributed by atoms with E-state index in [9.17, 15) is 140 Å². The van der Waals surface area contributed by atoms with Gasteiger partial charge in [0.1, 0.15) is 22.6 Å².